The molecule has 0 aliphatic heterocycles. The van der Waals surface area contributed by atoms with Crippen molar-refractivity contribution in [1.29, 1.82) is 0 Å². The van der Waals surface area contributed by atoms with Gasteiger partial charge in [-0.1, -0.05) is 24.3 Å². The number of nitrogens with two attached hydrogens (primary N) is 1. The fourth-order valence-corrected chi connectivity index (χ4v) is 1.55. The van der Waals surface area contributed by atoms with E-state index in [9.17, 15) is 4.79 Å². The molecule has 0 aliphatic rings. The van der Waals surface area contributed by atoms with Crippen LogP contribution in [-0.2, 0) is 11.2 Å². The molecule has 0 bridgehead atoms. The average Bonchev–Trinajstić information content (AvgIpc) is 2.24. The quantitative estimate of drug-likeness (QED) is 0.862. The number of nitrogens with one attached hydrogen (secondary N) is 1. The molecule has 0 unspecified atom stereocenters. The standard InChI is InChI=1S/C14H22N2O.ClH/c1-11-6-4-5-7-12(11)8-9-13(17)16-10-14(2,3)15;/h4-7H,8-10,15H2,1-3H3,(H,16,17);1H. The van der Waals surface area contributed by atoms with Gasteiger partial charge in [-0.2, -0.15) is 0 Å². The van der Waals surface area contributed by atoms with Crippen LogP contribution in [-0.4, -0.2) is 18.0 Å². The van der Waals surface area contributed by atoms with Gasteiger partial charge in [-0.25, -0.2) is 0 Å². The van der Waals surface area contributed by atoms with Crippen LogP contribution in [0.1, 0.15) is 31.4 Å². The molecule has 0 saturated heterocycles. The maximum atomic E-state index is 11.6. The molecule has 3 nitrogen and oxygen atoms in total. The molecule has 0 spiro atoms. The second-order valence-corrected chi connectivity index (χ2v) is 5.19. The Bertz CT molecular complexity index is 386. The highest BCUT2D eigenvalue weighted by atomic mass is 35.5. The highest BCUT2D eigenvalue weighted by Crippen LogP contribution is 2.09. The third-order valence-electron chi connectivity index (χ3n) is 2.62. The van der Waals surface area contributed by atoms with Crippen molar-refractivity contribution >= 4 is 18.3 Å². The van der Waals surface area contributed by atoms with Crippen LogP contribution in [0, 0.1) is 6.92 Å². The molecule has 1 aromatic rings. The number of halogens is 1. The maximum Gasteiger partial charge on any atom is 0.220 e. The van der Waals surface area contributed by atoms with Crippen molar-refractivity contribution in [3.05, 3.63) is 35.4 Å². The highest BCUT2D eigenvalue weighted by Gasteiger charge is 2.12. The van der Waals surface area contributed by atoms with Crippen LogP contribution in [0.3, 0.4) is 0 Å². The molecule has 0 aromatic heterocycles. The molecule has 0 fully saturated rings. The minimum Gasteiger partial charge on any atom is -0.354 e. The minimum atomic E-state index is -0.349. The number of aryl methyl sites for hydroxylation is 2. The smallest absolute Gasteiger partial charge is 0.220 e. The van der Waals surface area contributed by atoms with E-state index in [1.165, 1.54) is 11.1 Å². The molecular weight excluding hydrogens is 248 g/mol. The van der Waals surface area contributed by atoms with Crippen LogP contribution >= 0.6 is 12.4 Å². The lowest BCUT2D eigenvalue weighted by atomic mass is 10.0. The van der Waals surface area contributed by atoms with Crippen LogP contribution in [0.2, 0.25) is 0 Å². The van der Waals surface area contributed by atoms with E-state index in [0.717, 1.165) is 6.42 Å². The van der Waals surface area contributed by atoms with Crippen molar-refractivity contribution in [1.82, 2.24) is 5.32 Å². The van der Waals surface area contributed by atoms with Crippen molar-refractivity contribution in [3.63, 3.8) is 0 Å². The molecule has 0 radical (unpaired) electrons. The van der Waals surface area contributed by atoms with Crippen molar-refractivity contribution < 1.29 is 4.79 Å². The van der Waals surface area contributed by atoms with Gasteiger partial charge in [0.05, 0.1) is 0 Å². The van der Waals surface area contributed by atoms with Crippen molar-refractivity contribution in [2.75, 3.05) is 6.54 Å². The number of hydrogen-bond donors (Lipinski definition) is 2. The van der Waals surface area contributed by atoms with E-state index in [-0.39, 0.29) is 23.9 Å². The van der Waals surface area contributed by atoms with Crippen LogP contribution in [0.4, 0.5) is 0 Å². The Balaban J connectivity index is 0.00000289. The molecule has 3 N–H and O–H groups in total. The summed E-state index contributed by atoms with van der Waals surface area (Å²) in [7, 11) is 0. The van der Waals surface area contributed by atoms with Gasteiger partial charge >= 0.3 is 0 Å². The zero-order valence-electron chi connectivity index (χ0n) is 11.3. The summed E-state index contributed by atoms with van der Waals surface area (Å²) in [6.07, 6.45) is 1.30. The predicted molar refractivity (Wildman–Crippen MR) is 78.0 cm³/mol. The first-order chi connectivity index (χ1) is 7.88. The summed E-state index contributed by atoms with van der Waals surface area (Å²) in [6.45, 7) is 6.37. The molecule has 0 heterocycles. The van der Waals surface area contributed by atoms with Gasteiger partial charge in [0.2, 0.25) is 5.91 Å². The second kappa shape index (κ2) is 7.39. The van der Waals surface area contributed by atoms with Crippen LogP contribution in [0.5, 0.6) is 0 Å². The zero-order chi connectivity index (χ0) is 12.9. The topological polar surface area (TPSA) is 55.1 Å². The Kier molecular flexibility index (Phi) is 6.96. The van der Waals surface area contributed by atoms with Crippen LogP contribution in [0.25, 0.3) is 0 Å². The molecular formula is C14H23ClN2O. The molecule has 18 heavy (non-hydrogen) atoms. The summed E-state index contributed by atoms with van der Waals surface area (Å²) in [5.41, 5.74) is 7.92. The molecule has 0 atom stereocenters. The Hall–Kier alpha value is -1.06. The minimum absolute atomic E-state index is 0. The largest absolute Gasteiger partial charge is 0.354 e. The monoisotopic (exact) mass is 270 g/mol. The van der Waals surface area contributed by atoms with Gasteiger partial charge in [0.15, 0.2) is 0 Å². The maximum absolute atomic E-state index is 11.6. The van der Waals surface area contributed by atoms with Crippen LogP contribution < -0.4 is 11.1 Å². The Morgan fingerprint density at radius 2 is 1.94 bits per heavy atom. The predicted octanol–water partition coefficient (Wildman–Crippen LogP) is 2.20. The van der Waals surface area contributed by atoms with Crippen molar-refractivity contribution in [2.24, 2.45) is 5.73 Å². The van der Waals surface area contributed by atoms with Gasteiger partial charge in [-0.15, -0.1) is 12.4 Å². The SMILES string of the molecule is Cc1ccccc1CCC(=O)NCC(C)(C)N.Cl. The summed E-state index contributed by atoms with van der Waals surface area (Å²) in [5.74, 6) is 0.0618. The Morgan fingerprint density at radius 1 is 1.33 bits per heavy atom. The summed E-state index contributed by atoms with van der Waals surface area (Å²) >= 11 is 0. The van der Waals surface area contributed by atoms with Gasteiger partial charge in [-0.05, 0) is 38.3 Å². The number of carbonyl (C=O) groups is 1. The van der Waals surface area contributed by atoms with E-state index in [1.807, 2.05) is 26.0 Å². The highest BCUT2D eigenvalue weighted by molar-refractivity contribution is 5.85. The van der Waals surface area contributed by atoms with E-state index in [4.69, 9.17) is 5.73 Å². The third kappa shape index (κ3) is 6.62. The zero-order valence-corrected chi connectivity index (χ0v) is 12.1. The number of carbonyl (C=O) groups excluding carboxylic acids is 1. The molecule has 1 amide bonds. The van der Waals surface area contributed by atoms with E-state index in [0.29, 0.717) is 13.0 Å². The second-order valence-electron chi connectivity index (χ2n) is 5.19. The molecule has 0 saturated carbocycles. The lowest BCUT2D eigenvalue weighted by Gasteiger charge is -2.18. The number of rotatable bonds is 5. The van der Waals surface area contributed by atoms with Gasteiger partial charge in [-0.3, -0.25) is 4.79 Å². The summed E-state index contributed by atoms with van der Waals surface area (Å²) < 4.78 is 0. The Morgan fingerprint density at radius 3 is 2.50 bits per heavy atom. The van der Waals surface area contributed by atoms with Crippen LogP contribution in [0.15, 0.2) is 24.3 Å². The summed E-state index contributed by atoms with van der Waals surface area (Å²) in [5, 5.41) is 2.85. The number of amides is 1. The Labute approximate surface area is 116 Å². The third-order valence-corrected chi connectivity index (χ3v) is 2.62. The van der Waals surface area contributed by atoms with Gasteiger partial charge in [0.25, 0.3) is 0 Å². The normalized spacial score (nSPS) is 10.7. The fraction of sp³-hybridized carbons (Fsp3) is 0.500. The van der Waals surface area contributed by atoms with E-state index < -0.39 is 0 Å². The molecule has 102 valence electrons. The van der Waals surface area contributed by atoms with Crippen molar-refractivity contribution in [3.8, 4) is 0 Å². The lowest BCUT2D eigenvalue weighted by Crippen LogP contribution is -2.45. The first-order valence-corrected chi connectivity index (χ1v) is 5.98. The molecule has 1 rings (SSSR count). The molecule has 1 aromatic carbocycles. The lowest BCUT2D eigenvalue weighted by molar-refractivity contribution is -0.121. The average molecular weight is 271 g/mol. The molecule has 0 aliphatic carbocycles. The summed E-state index contributed by atoms with van der Waals surface area (Å²) in [4.78, 5) is 11.6. The van der Waals surface area contributed by atoms with Gasteiger partial charge in [0.1, 0.15) is 0 Å². The summed E-state index contributed by atoms with van der Waals surface area (Å²) in [6, 6.07) is 8.14. The van der Waals surface area contributed by atoms with Gasteiger partial charge < -0.3 is 11.1 Å². The van der Waals surface area contributed by atoms with E-state index in [2.05, 4.69) is 24.4 Å². The molecule has 4 heteroatoms. The number of hydrogen-bond acceptors (Lipinski definition) is 2. The van der Waals surface area contributed by atoms with Gasteiger partial charge in [0, 0.05) is 18.5 Å². The van der Waals surface area contributed by atoms with E-state index in [1.54, 1.807) is 0 Å². The first kappa shape index (κ1) is 16.9. The van der Waals surface area contributed by atoms with E-state index >= 15 is 0 Å². The first-order valence-electron chi connectivity index (χ1n) is 5.98. The fourth-order valence-electron chi connectivity index (χ4n) is 1.55. The van der Waals surface area contributed by atoms with Crippen molar-refractivity contribution in [2.45, 2.75) is 39.2 Å². The number of benzene rings is 1.